The second-order valence-electron chi connectivity index (χ2n) is 6.80. The van der Waals surface area contributed by atoms with E-state index in [0.717, 1.165) is 18.4 Å². The van der Waals surface area contributed by atoms with Crippen molar-refractivity contribution in [3.63, 3.8) is 0 Å². The monoisotopic (exact) mass is 379 g/mol. The number of anilines is 1. The van der Waals surface area contributed by atoms with E-state index in [1.54, 1.807) is 30.3 Å². The van der Waals surface area contributed by atoms with Gasteiger partial charge in [-0.3, -0.25) is 14.9 Å². The van der Waals surface area contributed by atoms with Gasteiger partial charge < -0.3 is 10.1 Å². The van der Waals surface area contributed by atoms with E-state index < -0.39 is 10.3 Å². The highest BCUT2D eigenvalue weighted by Crippen LogP contribution is 2.42. The van der Waals surface area contributed by atoms with Gasteiger partial charge in [-0.05, 0) is 43.5 Å². The molecule has 1 amide bonds. The largest absolute Gasteiger partial charge is 0.494 e. The number of hydrogen-bond donors (Lipinski definition) is 1. The van der Waals surface area contributed by atoms with Crippen LogP contribution in [0.2, 0.25) is 0 Å². The molecule has 0 atom stereocenters. The molecule has 1 N–H and O–H groups in total. The van der Waals surface area contributed by atoms with Gasteiger partial charge in [0, 0.05) is 12.1 Å². The Kier molecular flexibility index (Phi) is 5.59. The Balaban J connectivity index is 1.90. The molecule has 144 valence electrons. The zero-order valence-corrected chi connectivity index (χ0v) is 15.6. The van der Waals surface area contributed by atoms with Gasteiger partial charge >= 0.3 is 0 Å². The van der Waals surface area contributed by atoms with Gasteiger partial charge in [0.25, 0.3) is 5.69 Å². The molecular weight excluding hydrogens is 358 g/mol. The van der Waals surface area contributed by atoms with E-state index in [9.17, 15) is 20.2 Å². The number of hydrogen-bond acceptors (Lipinski definition) is 5. The Morgan fingerprint density at radius 3 is 2.50 bits per heavy atom. The third-order valence-corrected chi connectivity index (χ3v) is 5.19. The van der Waals surface area contributed by atoms with Crippen molar-refractivity contribution in [3.05, 3.63) is 63.7 Å². The molecule has 0 aromatic heterocycles. The van der Waals surface area contributed by atoms with E-state index in [1.165, 1.54) is 12.1 Å². The van der Waals surface area contributed by atoms with Crippen LogP contribution in [-0.2, 0) is 10.2 Å². The Morgan fingerprint density at radius 2 is 1.93 bits per heavy atom. The molecule has 7 heteroatoms. The first-order chi connectivity index (χ1) is 13.5. The summed E-state index contributed by atoms with van der Waals surface area (Å²) in [5.41, 5.74) is 0.772. The maximum Gasteiger partial charge on any atom is 0.269 e. The number of nitro groups is 1. The van der Waals surface area contributed by atoms with E-state index in [1.807, 2.05) is 6.92 Å². The highest BCUT2D eigenvalue weighted by Gasteiger charge is 2.43. The van der Waals surface area contributed by atoms with Crippen LogP contribution < -0.4 is 10.1 Å². The fourth-order valence-corrected chi connectivity index (χ4v) is 3.75. The van der Waals surface area contributed by atoms with Crippen molar-refractivity contribution in [1.82, 2.24) is 0 Å². The fraction of sp³-hybridized carbons (Fsp3) is 0.333. The maximum absolute atomic E-state index is 13.2. The molecule has 0 heterocycles. The minimum absolute atomic E-state index is 0.00409. The number of ether oxygens (including phenoxy) is 1. The first-order valence-corrected chi connectivity index (χ1v) is 9.23. The molecule has 7 nitrogen and oxygen atoms in total. The molecule has 0 aliphatic heterocycles. The van der Waals surface area contributed by atoms with Gasteiger partial charge in [0.2, 0.25) is 5.91 Å². The van der Waals surface area contributed by atoms with E-state index in [2.05, 4.69) is 11.4 Å². The zero-order chi connectivity index (χ0) is 20.1. The quantitative estimate of drug-likeness (QED) is 0.594. The number of benzene rings is 2. The predicted molar refractivity (Wildman–Crippen MR) is 104 cm³/mol. The van der Waals surface area contributed by atoms with Crippen molar-refractivity contribution in [2.45, 2.75) is 38.0 Å². The first kappa shape index (κ1) is 19.4. The Hall–Kier alpha value is -3.40. The normalized spacial score (nSPS) is 14.9. The van der Waals surface area contributed by atoms with Crippen LogP contribution in [-0.4, -0.2) is 17.4 Å². The molecule has 0 saturated heterocycles. The summed E-state index contributed by atoms with van der Waals surface area (Å²) in [6, 6.07) is 13.3. The summed E-state index contributed by atoms with van der Waals surface area (Å²) in [6.45, 7) is 2.34. The van der Waals surface area contributed by atoms with Gasteiger partial charge in [-0.15, -0.1) is 0 Å². The van der Waals surface area contributed by atoms with Crippen molar-refractivity contribution in [2.24, 2.45) is 0 Å². The Labute approximate surface area is 163 Å². The molecule has 0 unspecified atom stereocenters. The van der Waals surface area contributed by atoms with Crippen LogP contribution in [0.3, 0.4) is 0 Å². The molecule has 1 fully saturated rings. The lowest BCUT2D eigenvalue weighted by molar-refractivity contribution is -0.384. The summed E-state index contributed by atoms with van der Waals surface area (Å²) in [6.07, 6.45) is 3.13. The third-order valence-electron chi connectivity index (χ3n) is 5.19. The number of amides is 1. The minimum Gasteiger partial charge on any atom is -0.494 e. The average molecular weight is 379 g/mol. The zero-order valence-electron chi connectivity index (χ0n) is 15.6. The molecule has 28 heavy (non-hydrogen) atoms. The van der Waals surface area contributed by atoms with Gasteiger partial charge in [-0.1, -0.05) is 25.0 Å². The molecule has 1 aliphatic carbocycles. The molecule has 2 aromatic rings. The highest BCUT2D eigenvalue weighted by atomic mass is 16.6. The van der Waals surface area contributed by atoms with Crippen molar-refractivity contribution in [2.75, 3.05) is 11.9 Å². The lowest BCUT2D eigenvalue weighted by Crippen LogP contribution is -2.38. The first-order valence-electron chi connectivity index (χ1n) is 9.23. The number of carbonyl (C=O) groups is 1. The third kappa shape index (κ3) is 3.67. The summed E-state index contributed by atoms with van der Waals surface area (Å²) in [5, 5.41) is 23.2. The number of rotatable bonds is 6. The number of nitro benzene ring substituents is 1. The number of non-ortho nitro benzene ring substituents is 1. The van der Waals surface area contributed by atoms with E-state index in [0.29, 0.717) is 36.4 Å². The topological polar surface area (TPSA) is 105 Å². The molecule has 3 rings (SSSR count). The van der Waals surface area contributed by atoms with Crippen molar-refractivity contribution < 1.29 is 14.5 Å². The predicted octanol–water partition coefficient (Wildman–Crippen LogP) is 4.32. The summed E-state index contributed by atoms with van der Waals surface area (Å²) in [7, 11) is 0. The fourth-order valence-electron chi connectivity index (χ4n) is 3.75. The molecule has 1 aliphatic rings. The highest BCUT2D eigenvalue weighted by molar-refractivity contribution is 6.00. The second-order valence-corrected chi connectivity index (χ2v) is 6.80. The second kappa shape index (κ2) is 8.09. The average Bonchev–Trinajstić information content (AvgIpc) is 3.20. The smallest absolute Gasteiger partial charge is 0.269 e. The van der Waals surface area contributed by atoms with Crippen LogP contribution in [0.15, 0.2) is 42.5 Å². The van der Waals surface area contributed by atoms with Gasteiger partial charge in [0.15, 0.2) is 0 Å². The molecular formula is C21H21N3O4. The summed E-state index contributed by atoms with van der Waals surface area (Å²) < 4.78 is 5.41. The van der Waals surface area contributed by atoms with Crippen molar-refractivity contribution in [1.29, 1.82) is 5.26 Å². The SMILES string of the molecule is CCOc1ccc(NC(=O)C2(c3ccc([N+](=O)[O-])cc3)CCCC2)c(C#N)c1. The van der Waals surface area contributed by atoms with Crippen LogP contribution >= 0.6 is 0 Å². The lowest BCUT2D eigenvalue weighted by atomic mass is 9.78. The van der Waals surface area contributed by atoms with Crippen molar-refractivity contribution >= 4 is 17.3 Å². The van der Waals surface area contributed by atoms with E-state index in [-0.39, 0.29) is 11.6 Å². The van der Waals surface area contributed by atoms with Gasteiger partial charge in [0.1, 0.15) is 11.8 Å². The number of nitriles is 1. The van der Waals surface area contributed by atoms with E-state index >= 15 is 0 Å². The van der Waals surface area contributed by atoms with Crippen LogP contribution in [0.1, 0.15) is 43.7 Å². The minimum atomic E-state index is -0.750. The number of carbonyl (C=O) groups excluding carboxylic acids is 1. The number of nitrogens with one attached hydrogen (secondary N) is 1. The Morgan fingerprint density at radius 1 is 1.25 bits per heavy atom. The molecule has 0 bridgehead atoms. The lowest BCUT2D eigenvalue weighted by Gasteiger charge is -2.28. The summed E-state index contributed by atoms with van der Waals surface area (Å²) >= 11 is 0. The van der Waals surface area contributed by atoms with Gasteiger partial charge in [0.05, 0.1) is 28.2 Å². The standard InChI is InChI=1S/C21H21N3O4/c1-2-28-18-9-10-19(15(13-18)14-22)23-20(25)21(11-3-4-12-21)16-5-7-17(8-6-16)24(26)27/h5-10,13H,2-4,11-12H2,1H3,(H,23,25). The van der Waals surface area contributed by atoms with Crippen LogP contribution in [0.4, 0.5) is 11.4 Å². The van der Waals surface area contributed by atoms with Crippen LogP contribution in [0, 0.1) is 21.4 Å². The molecule has 0 radical (unpaired) electrons. The van der Waals surface area contributed by atoms with Gasteiger partial charge in [-0.25, -0.2) is 0 Å². The summed E-state index contributed by atoms with van der Waals surface area (Å²) in [5.74, 6) is 0.377. The number of nitrogens with zero attached hydrogens (tertiary/aromatic N) is 2. The van der Waals surface area contributed by atoms with Crippen LogP contribution in [0.25, 0.3) is 0 Å². The molecule has 0 spiro atoms. The van der Waals surface area contributed by atoms with Crippen molar-refractivity contribution in [3.8, 4) is 11.8 Å². The maximum atomic E-state index is 13.2. The summed E-state index contributed by atoms with van der Waals surface area (Å²) in [4.78, 5) is 23.7. The Bertz CT molecular complexity index is 926. The van der Waals surface area contributed by atoms with E-state index in [4.69, 9.17) is 4.74 Å². The van der Waals surface area contributed by atoms with Crippen LogP contribution in [0.5, 0.6) is 5.75 Å². The van der Waals surface area contributed by atoms with Gasteiger partial charge in [-0.2, -0.15) is 5.26 Å². The molecule has 1 saturated carbocycles. The molecule has 2 aromatic carbocycles.